The minimum atomic E-state index is -0.223. The van der Waals surface area contributed by atoms with Crippen LogP contribution in [0.3, 0.4) is 0 Å². The zero-order chi connectivity index (χ0) is 28.5. The van der Waals surface area contributed by atoms with Gasteiger partial charge in [0.1, 0.15) is 0 Å². The number of amides is 2. The van der Waals surface area contributed by atoms with Crippen LogP contribution in [-0.4, -0.2) is 83.4 Å². The van der Waals surface area contributed by atoms with E-state index in [1.54, 1.807) is 0 Å². The van der Waals surface area contributed by atoms with Gasteiger partial charge in [-0.15, -0.1) is 0 Å². The zero-order valence-electron chi connectivity index (χ0n) is 23.9. The Morgan fingerprint density at radius 2 is 1.71 bits per heavy atom. The molecule has 5 heterocycles. The molecule has 2 amide bonds. The molecule has 10 heteroatoms. The van der Waals surface area contributed by atoms with Gasteiger partial charge in [-0.2, -0.15) is 0 Å². The molecule has 3 fully saturated rings. The van der Waals surface area contributed by atoms with Crippen molar-refractivity contribution in [1.82, 2.24) is 30.4 Å². The number of anilines is 3. The first-order chi connectivity index (χ1) is 20.6. The number of hydrogen-bond acceptors (Lipinski definition) is 9. The fraction of sp³-hybridized carbons (Fsp3) is 0.438. The molecule has 1 unspecified atom stereocenters. The van der Waals surface area contributed by atoms with Crippen LogP contribution in [0, 0.1) is 0 Å². The highest BCUT2D eigenvalue weighted by Gasteiger charge is 2.34. The van der Waals surface area contributed by atoms with Gasteiger partial charge in [0.05, 0.1) is 11.6 Å². The molecule has 3 saturated heterocycles. The van der Waals surface area contributed by atoms with Crippen LogP contribution in [0.25, 0.3) is 0 Å². The fourth-order valence-corrected chi connectivity index (χ4v) is 6.49. The number of carbonyl (C=O) groups excluding carboxylic acids is 2. The van der Waals surface area contributed by atoms with Crippen LogP contribution in [0.5, 0.6) is 0 Å². The first-order valence-electron chi connectivity index (χ1n) is 15.1. The molecule has 4 aliphatic rings. The number of piperazine rings is 1. The molecule has 10 nitrogen and oxygen atoms in total. The van der Waals surface area contributed by atoms with Crippen LogP contribution in [0.1, 0.15) is 41.1 Å². The van der Waals surface area contributed by atoms with Crippen molar-refractivity contribution in [2.24, 2.45) is 0 Å². The summed E-state index contributed by atoms with van der Waals surface area (Å²) < 4.78 is 0. The van der Waals surface area contributed by atoms with Gasteiger partial charge in [0.25, 0.3) is 0 Å². The number of imide groups is 1. The highest BCUT2D eigenvalue weighted by atomic mass is 16.2. The first-order valence-corrected chi connectivity index (χ1v) is 15.1. The van der Waals surface area contributed by atoms with E-state index < -0.39 is 0 Å². The second kappa shape index (κ2) is 11.8. The Balaban J connectivity index is 0.849. The Morgan fingerprint density at radius 1 is 0.929 bits per heavy atom. The predicted molar refractivity (Wildman–Crippen MR) is 162 cm³/mol. The van der Waals surface area contributed by atoms with Crippen LogP contribution in [0.4, 0.5) is 17.3 Å². The number of carbonyl (C=O) groups is 2. The van der Waals surface area contributed by atoms with Crippen molar-refractivity contribution < 1.29 is 9.59 Å². The van der Waals surface area contributed by atoms with Gasteiger partial charge < -0.3 is 15.5 Å². The van der Waals surface area contributed by atoms with Gasteiger partial charge in [-0.25, -0.2) is 9.97 Å². The molecule has 0 bridgehead atoms. The zero-order valence-corrected chi connectivity index (χ0v) is 23.9. The van der Waals surface area contributed by atoms with Gasteiger partial charge in [-0.1, -0.05) is 24.3 Å². The Morgan fingerprint density at radius 3 is 2.48 bits per heavy atom. The summed E-state index contributed by atoms with van der Waals surface area (Å²) in [5.74, 6) is 0.0850. The summed E-state index contributed by atoms with van der Waals surface area (Å²) in [6, 6.07) is 17.5. The van der Waals surface area contributed by atoms with Crippen molar-refractivity contribution in [3.05, 3.63) is 77.1 Å². The standard InChI is InChI=1S/C32H38N8O2/c41-30-10-9-28(31(42)37-30)23-3-7-26(8-4-23)40-20-27(21-40)39-15-13-38(14-16-39)19-22-1-5-25(6-2-22)35-32-34-17-24-11-12-33-18-29(24)36-32/h1-8,17,27-28,33H,9-16,18-21H2,(H,34,35,36)(H,37,41,42). The van der Waals surface area contributed by atoms with E-state index in [1.165, 1.54) is 16.8 Å². The third kappa shape index (κ3) is 5.88. The Hall–Kier alpha value is -3.86. The SMILES string of the molecule is O=C1CCC(c2ccc(N3CC(N4CCN(Cc5ccc(Nc6ncc7c(n6)CNCC7)cc5)CC4)C3)cc2)C(=O)N1. The molecule has 1 aromatic heterocycles. The number of rotatable bonds is 7. The maximum Gasteiger partial charge on any atom is 0.234 e. The lowest BCUT2D eigenvalue weighted by Crippen LogP contribution is -2.63. The average Bonchev–Trinajstić information content (AvgIpc) is 2.99. The molecule has 0 spiro atoms. The van der Waals surface area contributed by atoms with E-state index >= 15 is 0 Å². The second-order valence-corrected chi connectivity index (χ2v) is 11.9. The summed E-state index contributed by atoms with van der Waals surface area (Å²) in [7, 11) is 0. The van der Waals surface area contributed by atoms with E-state index in [-0.39, 0.29) is 17.7 Å². The van der Waals surface area contributed by atoms with Gasteiger partial charge in [0, 0.05) is 82.4 Å². The van der Waals surface area contributed by atoms with Gasteiger partial charge in [-0.05, 0) is 60.3 Å². The molecule has 4 aliphatic heterocycles. The highest BCUT2D eigenvalue weighted by molar-refractivity contribution is 6.00. The van der Waals surface area contributed by atoms with Crippen LogP contribution >= 0.6 is 0 Å². The minimum absolute atomic E-state index is 0.169. The van der Waals surface area contributed by atoms with Gasteiger partial charge in [0.2, 0.25) is 17.8 Å². The molecule has 0 saturated carbocycles. The molecule has 3 N–H and O–H groups in total. The van der Waals surface area contributed by atoms with Crippen molar-refractivity contribution in [1.29, 1.82) is 0 Å². The van der Waals surface area contributed by atoms with E-state index in [9.17, 15) is 9.59 Å². The average molecular weight is 567 g/mol. The Bertz CT molecular complexity index is 1430. The summed E-state index contributed by atoms with van der Waals surface area (Å²) in [5, 5.41) is 9.18. The topological polar surface area (TPSA) is 106 Å². The Kier molecular flexibility index (Phi) is 7.58. The molecule has 0 aliphatic carbocycles. The summed E-state index contributed by atoms with van der Waals surface area (Å²) >= 11 is 0. The molecule has 42 heavy (non-hydrogen) atoms. The van der Waals surface area contributed by atoms with Crippen LogP contribution in [0.15, 0.2) is 54.7 Å². The smallest absolute Gasteiger partial charge is 0.234 e. The lowest BCUT2D eigenvalue weighted by molar-refractivity contribution is -0.134. The highest BCUT2D eigenvalue weighted by Crippen LogP contribution is 2.29. The molecule has 7 rings (SSSR count). The predicted octanol–water partition coefficient (Wildman–Crippen LogP) is 2.39. The molecular weight excluding hydrogens is 528 g/mol. The maximum absolute atomic E-state index is 12.2. The summed E-state index contributed by atoms with van der Waals surface area (Å²) in [6.07, 6.45) is 3.94. The minimum Gasteiger partial charge on any atom is -0.368 e. The Labute approximate surface area is 246 Å². The maximum atomic E-state index is 12.2. The third-order valence-corrected chi connectivity index (χ3v) is 9.12. The monoisotopic (exact) mass is 566 g/mol. The van der Waals surface area contributed by atoms with E-state index in [4.69, 9.17) is 0 Å². The molecule has 3 aromatic rings. The third-order valence-electron chi connectivity index (χ3n) is 9.12. The lowest BCUT2D eigenvalue weighted by atomic mass is 9.90. The molecule has 218 valence electrons. The van der Waals surface area contributed by atoms with Gasteiger partial charge in [0.15, 0.2) is 0 Å². The van der Waals surface area contributed by atoms with Gasteiger partial charge >= 0.3 is 0 Å². The quantitative estimate of drug-likeness (QED) is 0.372. The van der Waals surface area contributed by atoms with Crippen molar-refractivity contribution in [3.8, 4) is 0 Å². The van der Waals surface area contributed by atoms with Crippen LogP contribution in [-0.2, 0) is 29.1 Å². The number of aromatic nitrogens is 2. The molecule has 0 radical (unpaired) electrons. The van der Waals surface area contributed by atoms with E-state index in [0.29, 0.717) is 24.8 Å². The summed E-state index contributed by atoms with van der Waals surface area (Å²) in [6.45, 7) is 9.18. The van der Waals surface area contributed by atoms with Crippen LogP contribution < -0.4 is 20.9 Å². The lowest BCUT2D eigenvalue weighted by Gasteiger charge is -2.49. The number of fused-ring (bicyclic) bond motifs is 1. The molecule has 1 atom stereocenters. The normalized spacial score (nSPS) is 21.9. The van der Waals surface area contributed by atoms with Gasteiger partial charge in [-0.3, -0.25) is 24.7 Å². The van der Waals surface area contributed by atoms with Crippen molar-refractivity contribution in [2.75, 3.05) is 56.0 Å². The number of benzene rings is 2. The number of hydrogen-bond donors (Lipinski definition) is 3. The molecular formula is C32H38N8O2. The second-order valence-electron chi connectivity index (χ2n) is 11.9. The van der Waals surface area contributed by atoms with E-state index in [0.717, 1.165) is 82.3 Å². The van der Waals surface area contributed by atoms with E-state index in [1.807, 2.05) is 18.3 Å². The van der Waals surface area contributed by atoms with Crippen LogP contribution in [0.2, 0.25) is 0 Å². The first kappa shape index (κ1) is 27.0. The van der Waals surface area contributed by atoms with Crippen molar-refractivity contribution in [2.45, 2.75) is 44.3 Å². The van der Waals surface area contributed by atoms with Crippen molar-refractivity contribution in [3.63, 3.8) is 0 Å². The number of piperidine rings is 1. The van der Waals surface area contributed by atoms with E-state index in [2.05, 4.69) is 77.0 Å². The summed E-state index contributed by atoms with van der Waals surface area (Å²) in [5.41, 5.74) is 6.85. The fourth-order valence-electron chi connectivity index (χ4n) is 6.49. The number of nitrogens with zero attached hydrogens (tertiary/aromatic N) is 5. The number of nitrogens with one attached hydrogen (secondary N) is 3. The molecule has 2 aromatic carbocycles. The largest absolute Gasteiger partial charge is 0.368 e. The summed E-state index contributed by atoms with van der Waals surface area (Å²) in [4.78, 5) is 40.4. The van der Waals surface area contributed by atoms with Crippen molar-refractivity contribution >= 4 is 29.1 Å².